The first-order chi connectivity index (χ1) is 14.1. The molecule has 29 heavy (non-hydrogen) atoms. The van der Waals surface area contributed by atoms with Gasteiger partial charge in [0.2, 0.25) is 6.79 Å². The van der Waals surface area contributed by atoms with Crippen LogP contribution in [0, 0.1) is 13.8 Å². The van der Waals surface area contributed by atoms with Crippen LogP contribution in [0.1, 0.15) is 32.9 Å². The van der Waals surface area contributed by atoms with Gasteiger partial charge in [0, 0.05) is 12.1 Å². The van der Waals surface area contributed by atoms with Crippen LogP contribution in [0.15, 0.2) is 47.0 Å². The summed E-state index contributed by atoms with van der Waals surface area (Å²) >= 11 is 0. The molecule has 1 amide bonds. The van der Waals surface area contributed by atoms with Crippen molar-refractivity contribution in [2.75, 3.05) is 13.3 Å². The van der Waals surface area contributed by atoms with Gasteiger partial charge in [0.1, 0.15) is 18.1 Å². The highest BCUT2D eigenvalue weighted by molar-refractivity contribution is 5.94. The third-order valence-electron chi connectivity index (χ3n) is 4.82. The molecule has 1 aliphatic heterocycles. The Kier molecular flexibility index (Phi) is 5.37. The van der Waals surface area contributed by atoms with Gasteiger partial charge in [-0.1, -0.05) is 11.2 Å². The summed E-state index contributed by atoms with van der Waals surface area (Å²) in [6.45, 7) is 4.90. The Bertz CT molecular complexity index is 991. The van der Waals surface area contributed by atoms with E-state index in [0.717, 1.165) is 34.1 Å². The molecule has 0 fully saturated rings. The Labute approximate surface area is 168 Å². The molecule has 7 nitrogen and oxygen atoms in total. The van der Waals surface area contributed by atoms with E-state index in [0.29, 0.717) is 30.9 Å². The number of rotatable bonds is 7. The van der Waals surface area contributed by atoms with Crippen molar-refractivity contribution in [3.63, 3.8) is 0 Å². The highest BCUT2D eigenvalue weighted by atomic mass is 16.7. The maximum Gasteiger partial charge on any atom is 0.251 e. The number of hydrogen-bond acceptors (Lipinski definition) is 6. The number of aryl methyl sites for hydroxylation is 2. The molecule has 0 saturated carbocycles. The van der Waals surface area contributed by atoms with Crippen molar-refractivity contribution in [2.24, 2.45) is 0 Å². The Morgan fingerprint density at radius 1 is 1.10 bits per heavy atom. The highest BCUT2D eigenvalue weighted by Gasteiger charge is 2.13. The van der Waals surface area contributed by atoms with Gasteiger partial charge in [-0.15, -0.1) is 0 Å². The molecule has 4 rings (SSSR count). The van der Waals surface area contributed by atoms with Crippen molar-refractivity contribution < 1.29 is 23.5 Å². The fraction of sp³-hybridized carbons (Fsp3) is 0.273. The van der Waals surface area contributed by atoms with E-state index in [1.165, 1.54) is 0 Å². The molecule has 0 aliphatic carbocycles. The Morgan fingerprint density at radius 2 is 1.90 bits per heavy atom. The molecule has 0 saturated heterocycles. The van der Waals surface area contributed by atoms with Gasteiger partial charge in [-0.05, 0) is 62.2 Å². The number of fused-ring (bicyclic) bond motifs is 1. The summed E-state index contributed by atoms with van der Waals surface area (Å²) in [5.41, 5.74) is 3.43. The van der Waals surface area contributed by atoms with Gasteiger partial charge in [-0.2, -0.15) is 0 Å². The smallest absolute Gasteiger partial charge is 0.251 e. The summed E-state index contributed by atoms with van der Waals surface area (Å²) < 4.78 is 21.6. The second kappa shape index (κ2) is 8.26. The average Bonchev–Trinajstić information content (AvgIpc) is 3.32. The Hall–Kier alpha value is -3.48. The van der Waals surface area contributed by atoms with Crippen molar-refractivity contribution in [3.8, 4) is 17.2 Å². The van der Waals surface area contributed by atoms with Crippen LogP contribution in [0.3, 0.4) is 0 Å². The minimum absolute atomic E-state index is 0.122. The fourth-order valence-electron chi connectivity index (χ4n) is 3.08. The third-order valence-corrected chi connectivity index (χ3v) is 4.82. The maximum atomic E-state index is 12.4. The van der Waals surface area contributed by atoms with E-state index in [1.807, 2.05) is 32.0 Å². The number of nitrogens with one attached hydrogen (secondary N) is 1. The van der Waals surface area contributed by atoms with E-state index in [1.54, 1.807) is 24.3 Å². The molecule has 2 aromatic carbocycles. The Balaban J connectivity index is 1.27. The zero-order valence-electron chi connectivity index (χ0n) is 16.4. The normalized spacial score (nSPS) is 12.1. The number of ether oxygens (including phenoxy) is 3. The molecule has 2 heterocycles. The number of nitrogens with zero attached hydrogens (tertiary/aromatic N) is 1. The van der Waals surface area contributed by atoms with Crippen molar-refractivity contribution in [1.29, 1.82) is 0 Å². The van der Waals surface area contributed by atoms with Gasteiger partial charge in [0.05, 0.1) is 11.3 Å². The van der Waals surface area contributed by atoms with Gasteiger partial charge in [-0.25, -0.2) is 0 Å². The lowest BCUT2D eigenvalue weighted by Crippen LogP contribution is -2.25. The number of hydrogen-bond donors (Lipinski definition) is 1. The summed E-state index contributed by atoms with van der Waals surface area (Å²) in [6, 6.07) is 12.9. The van der Waals surface area contributed by atoms with Crippen molar-refractivity contribution in [2.45, 2.75) is 26.9 Å². The minimum atomic E-state index is -0.122. The summed E-state index contributed by atoms with van der Waals surface area (Å²) in [5.74, 6) is 2.82. The monoisotopic (exact) mass is 394 g/mol. The number of carbonyl (C=O) groups excluding carboxylic acids is 1. The van der Waals surface area contributed by atoms with E-state index >= 15 is 0 Å². The third kappa shape index (κ3) is 4.34. The average molecular weight is 394 g/mol. The molecule has 7 heteroatoms. The van der Waals surface area contributed by atoms with E-state index < -0.39 is 0 Å². The van der Waals surface area contributed by atoms with E-state index in [9.17, 15) is 4.79 Å². The molecule has 0 bridgehead atoms. The maximum absolute atomic E-state index is 12.4. The predicted molar refractivity (Wildman–Crippen MR) is 105 cm³/mol. The van der Waals surface area contributed by atoms with E-state index in [2.05, 4.69) is 10.5 Å². The van der Waals surface area contributed by atoms with Crippen molar-refractivity contribution in [3.05, 3.63) is 70.6 Å². The number of benzene rings is 2. The van der Waals surface area contributed by atoms with Crippen molar-refractivity contribution in [1.82, 2.24) is 10.5 Å². The molecule has 1 N–H and O–H groups in total. The van der Waals surface area contributed by atoms with Crippen LogP contribution in [0.5, 0.6) is 17.2 Å². The quantitative estimate of drug-likeness (QED) is 0.660. The SMILES string of the molecule is Cc1noc(C)c1COc1ccc(C(=O)NCCc2ccc3c(c2)OCO3)cc1. The van der Waals surface area contributed by atoms with Crippen molar-refractivity contribution >= 4 is 5.91 Å². The summed E-state index contributed by atoms with van der Waals surface area (Å²) in [4.78, 5) is 12.4. The summed E-state index contributed by atoms with van der Waals surface area (Å²) in [6.07, 6.45) is 0.709. The standard InChI is InChI=1S/C22H22N2O5/c1-14-19(15(2)29-24-14)12-26-18-6-4-17(5-7-18)22(25)23-10-9-16-3-8-20-21(11-16)28-13-27-20/h3-8,11H,9-10,12-13H2,1-2H3,(H,23,25). The molecule has 0 radical (unpaired) electrons. The molecule has 3 aromatic rings. The first-order valence-electron chi connectivity index (χ1n) is 9.41. The Morgan fingerprint density at radius 3 is 2.66 bits per heavy atom. The van der Waals surface area contributed by atoms with Gasteiger partial charge >= 0.3 is 0 Å². The van der Waals surface area contributed by atoms with Gasteiger partial charge in [0.25, 0.3) is 5.91 Å². The lowest BCUT2D eigenvalue weighted by atomic mass is 10.1. The molecular formula is C22H22N2O5. The number of aromatic nitrogens is 1. The van der Waals surface area contributed by atoms with Crippen LogP contribution in [-0.4, -0.2) is 24.4 Å². The highest BCUT2D eigenvalue weighted by Crippen LogP contribution is 2.32. The van der Waals surface area contributed by atoms with Crippen LogP contribution in [0.4, 0.5) is 0 Å². The van der Waals surface area contributed by atoms with Crippen LogP contribution in [0.2, 0.25) is 0 Å². The number of carbonyl (C=O) groups is 1. The van der Waals surface area contributed by atoms with Gasteiger partial charge in [-0.3, -0.25) is 4.79 Å². The molecule has 0 unspecified atom stereocenters. The molecule has 0 atom stereocenters. The second-order valence-corrected chi connectivity index (χ2v) is 6.81. The molecule has 150 valence electrons. The molecule has 1 aliphatic rings. The zero-order chi connectivity index (χ0) is 20.2. The summed E-state index contributed by atoms with van der Waals surface area (Å²) in [7, 11) is 0. The van der Waals surface area contributed by atoms with Crippen LogP contribution < -0.4 is 19.5 Å². The fourth-order valence-corrected chi connectivity index (χ4v) is 3.08. The van der Waals surface area contributed by atoms with Crippen LogP contribution in [-0.2, 0) is 13.0 Å². The molecule has 1 aromatic heterocycles. The van der Waals surface area contributed by atoms with Crippen LogP contribution in [0.25, 0.3) is 0 Å². The number of amides is 1. The molecule has 0 spiro atoms. The first-order valence-corrected chi connectivity index (χ1v) is 9.41. The first kappa shape index (κ1) is 18.9. The predicted octanol–water partition coefficient (Wildman–Crippen LogP) is 3.57. The van der Waals surface area contributed by atoms with E-state index in [-0.39, 0.29) is 12.7 Å². The topological polar surface area (TPSA) is 82.8 Å². The minimum Gasteiger partial charge on any atom is -0.489 e. The second-order valence-electron chi connectivity index (χ2n) is 6.81. The zero-order valence-corrected chi connectivity index (χ0v) is 16.4. The molecular weight excluding hydrogens is 372 g/mol. The van der Waals surface area contributed by atoms with Gasteiger partial charge < -0.3 is 24.1 Å². The van der Waals surface area contributed by atoms with Crippen LogP contribution >= 0.6 is 0 Å². The van der Waals surface area contributed by atoms with Gasteiger partial charge in [0.15, 0.2) is 11.5 Å². The van der Waals surface area contributed by atoms with E-state index in [4.69, 9.17) is 18.7 Å². The lowest BCUT2D eigenvalue weighted by molar-refractivity contribution is 0.0954. The lowest BCUT2D eigenvalue weighted by Gasteiger charge is -2.08. The summed E-state index contributed by atoms with van der Waals surface area (Å²) in [5, 5.41) is 6.84. The largest absolute Gasteiger partial charge is 0.489 e.